The normalized spacial score (nSPS) is 13.1. The van der Waals surface area contributed by atoms with Gasteiger partial charge < -0.3 is 14.4 Å². The number of nitrogens with zero attached hydrogens (tertiary/aromatic N) is 3. The quantitative estimate of drug-likeness (QED) is 0.154. The molecule has 0 N–H and O–H groups in total. The van der Waals surface area contributed by atoms with E-state index in [0.717, 1.165) is 17.1 Å². The molecule has 0 atom stereocenters. The predicted molar refractivity (Wildman–Crippen MR) is 309 cm³/mol. The van der Waals surface area contributed by atoms with Gasteiger partial charge in [0.1, 0.15) is 0 Å². The molecule has 0 spiro atoms. The van der Waals surface area contributed by atoms with Crippen molar-refractivity contribution in [1.82, 2.24) is 4.57 Å². The minimum absolute atomic E-state index is 0.0110. The highest BCUT2D eigenvalue weighted by atomic mass is 15.2. The maximum Gasteiger partial charge on any atom is 0.252 e. The van der Waals surface area contributed by atoms with Gasteiger partial charge in [-0.1, -0.05) is 193 Å². The zero-order valence-corrected chi connectivity index (χ0v) is 41.9. The maximum atomic E-state index is 2.57. The van der Waals surface area contributed by atoms with Gasteiger partial charge in [-0.15, -0.1) is 0 Å². The summed E-state index contributed by atoms with van der Waals surface area (Å²) in [5, 5.41) is 2.48. The molecule has 10 aromatic carbocycles. The molecule has 3 heterocycles. The van der Waals surface area contributed by atoms with Crippen LogP contribution in [0.3, 0.4) is 0 Å². The van der Waals surface area contributed by atoms with E-state index >= 15 is 0 Å². The van der Waals surface area contributed by atoms with Crippen LogP contribution in [0.15, 0.2) is 231 Å². The Bertz CT molecular complexity index is 3690. The minimum atomic E-state index is -0.0612. The van der Waals surface area contributed by atoms with Gasteiger partial charge in [0.05, 0.1) is 11.0 Å². The highest BCUT2D eigenvalue weighted by molar-refractivity contribution is 7.00. The van der Waals surface area contributed by atoms with E-state index in [0.29, 0.717) is 0 Å². The fourth-order valence-corrected chi connectivity index (χ4v) is 11.5. The van der Waals surface area contributed by atoms with E-state index in [1.165, 1.54) is 105 Å². The lowest BCUT2D eigenvalue weighted by atomic mass is 9.33. The van der Waals surface area contributed by atoms with Gasteiger partial charge in [0, 0.05) is 50.6 Å². The molecule has 0 saturated carbocycles. The molecule has 72 heavy (non-hydrogen) atoms. The van der Waals surface area contributed by atoms with E-state index in [4.69, 9.17) is 0 Å². The second-order valence-corrected chi connectivity index (χ2v) is 21.8. The van der Waals surface area contributed by atoms with Crippen molar-refractivity contribution in [2.75, 3.05) is 9.80 Å². The van der Waals surface area contributed by atoms with Gasteiger partial charge >= 0.3 is 0 Å². The summed E-state index contributed by atoms with van der Waals surface area (Å²) in [6, 6.07) is 86.2. The van der Waals surface area contributed by atoms with Crippen LogP contribution in [0.1, 0.15) is 52.7 Å². The smallest absolute Gasteiger partial charge is 0.252 e. The number of anilines is 6. The van der Waals surface area contributed by atoms with Gasteiger partial charge in [-0.2, -0.15) is 0 Å². The Morgan fingerprint density at radius 1 is 0.306 bits per heavy atom. The van der Waals surface area contributed by atoms with Gasteiger partial charge in [0.25, 0.3) is 6.71 Å². The summed E-state index contributed by atoms with van der Waals surface area (Å²) in [6.07, 6.45) is 0. The van der Waals surface area contributed by atoms with Crippen molar-refractivity contribution in [3.8, 4) is 39.1 Å². The third-order valence-corrected chi connectivity index (χ3v) is 15.3. The first kappa shape index (κ1) is 43.7. The molecule has 0 radical (unpaired) electrons. The second-order valence-electron chi connectivity index (χ2n) is 21.8. The summed E-state index contributed by atoms with van der Waals surface area (Å²) in [5.41, 5.74) is 24.3. The number of aromatic nitrogens is 1. The van der Waals surface area contributed by atoms with E-state index < -0.39 is 0 Å². The fourth-order valence-electron chi connectivity index (χ4n) is 11.5. The van der Waals surface area contributed by atoms with Crippen molar-refractivity contribution in [2.45, 2.75) is 52.4 Å². The van der Waals surface area contributed by atoms with Gasteiger partial charge in [0.15, 0.2) is 0 Å². The topological polar surface area (TPSA) is 11.4 Å². The van der Waals surface area contributed by atoms with E-state index in [1.807, 2.05) is 0 Å². The second kappa shape index (κ2) is 16.6. The first-order valence-corrected chi connectivity index (χ1v) is 25.4. The van der Waals surface area contributed by atoms with E-state index in [2.05, 4.69) is 286 Å². The summed E-state index contributed by atoms with van der Waals surface area (Å²) in [7, 11) is 0. The van der Waals surface area contributed by atoms with Crippen LogP contribution in [0.25, 0.3) is 60.9 Å². The molecule has 0 bridgehead atoms. The SMILES string of the molecule is CC(C)(C)c1ccc2c(c1)N(c1ccc(-c3ccccc3)cc1)c1cc(-c3ccc4c(c3)c3ccccc3n4-c3ccccc3)cc3c1B2c1ccc(C(C)(C)C)cc1N3c1ccc(-c2ccccc2)cc1. The molecule has 0 amide bonds. The summed E-state index contributed by atoms with van der Waals surface area (Å²) in [4.78, 5) is 5.15. The molecule has 0 fully saturated rings. The highest BCUT2D eigenvalue weighted by Gasteiger charge is 2.44. The monoisotopic (exact) mass is 925 g/mol. The van der Waals surface area contributed by atoms with E-state index in [1.54, 1.807) is 0 Å². The summed E-state index contributed by atoms with van der Waals surface area (Å²) in [5.74, 6) is 0. The molecule has 4 heteroatoms. The van der Waals surface area contributed by atoms with Crippen LogP contribution in [0.2, 0.25) is 0 Å². The average Bonchev–Trinajstić information content (AvgIpc) is 3.74. The Hall–Kier alpha value is -8.34. The molecule has 1 aromatic heterocycles. The molecular weight excluding hydrogens is 870 g/mol. The Kier molecular flexibility index (Phi) is 10.1. The van der Waals surface area contributed by atoms with Gasteiger partial charge in [-0.05, 0) is 151 Å². The van der Waals surface area contributed by atoms with Crippen molar-refractivity contribution in [3.05, 3.63) is 242 Å². The van der Waals surface area contributed by atoms with Crippen molar-refractivity contribution < 1.29 is 0 Å². The summed E-state index contributed by atoms with van der Waals surface area (Å²) < 4.78 is 2.41. The van der Waals surface area contributed by atoms with Gasteiger partial charge in [0.2, 0.25) is 0 Å². The van der Waals surface area contributed by atoms with Crippen LogP contribution >= 0.6 is 0 Å². The Balaban J connectivity index is 1.11. The summed E-state index contributed by atoms with van der Waals surface area (Å²) in [6.45, 7) is 14.0. The Morgan fingerprint density at radius 2 is 0.736 bits per heavy atom. The zero-order valence-electron chi connectivity index (χ0n) is 41.9. The predicted octanol–water partition coefficient (Wildman–Crippen LogP) is 16.5. The molecule has 0 unspecified atom stereocenters. The number of fused-ring (bicyclic) bond motifs is 7. The van der Waals surface area contributed by atoms with Crippen LogP contribution in [0.5, 0.6) is 0 Å². The number of para-hydroxylation sites is 2. The van der Waals surface area contributed by atoms with Crippen LogP contribution in [0, 0.1) is 0 Å². The number of benzene rings is 10. The van der Waals surface area contributed by atoms with Crippen LogP contribution in [-0.2, 0) is 10.8 Å². The van der Waals surface area contributed by atoms with Crippen molar-refractivity contribution >= 4 is 79.0 Å². The van der Waals surface area contributed by atoms with Gasteiger partial charge in [-0.3, -0.25) is 0 Å². The standard InChI is InChI=1S/C68H56BN3/c1-67(2,3)51-31-37-58-62(43-51)71(54-33-26-47(27-34-54)45-18-10-7-11-19-45)64-41-50(49-30-39-61-57(40-49)56-24-16-17-25-60(56)70(61)53-22-14-9-15-23-53)42-65-66(64)69(58)59-38-32-52(68(4,5)6)44-63(59)72(65)55-35-28-48(29-36-55)46-20-12-8-13-21-46/h7-44H,1-6H3. The lowest BCUT2D eigenvalue weighted by Gasteiger charge is -2.45. The van der Waals surface area contributed by atoms with Crippen LogP contribution in [0.4, 0.5) is 34.1 Å². The minimum Gasteiger partial charge on any atom is -0.311 e. The van der Waals surface area contributed by atoms with E-state index in [9.17, 15) is 0 Å². The largest absolute Gasteiger partial charge is 0.311 e. The lowest BCUT2D eigenvalue weighted by molar-refractivity contribution is 0.590. The van der Waals surface area contributed by atoms with Crippen LogP contribution < -0.4 is 26.2 Å². The third kappa shape index (κ3) is 7.19. The number of rotatable bonds is 6. The molecule has 0 saturated heterocycles. The molecule has 13 rings (SSSR count). The Labute approximate surface area is 424 Å². The molecule has 2 aliphatic rings. The fraction of sp³-hybridized carbons (Fsp3) is 0.118. The summed E-state index contributed by atoms with van der Waals surface area (Å²) >= 11 is 0. The molecule has 346 valence electrons. The number of hydrogen-bond donors (Lipinski definition) is 0. The van der Waals surface area contributed by atoms with Crippen molar-refractivity contribution in [2.24, 2.45) is 0 Å². The highest BCUT2D eigenvalue weighted by Crippen LogP contribution is 2.48. The first-order valence-electron chi connectivity index (χ1n) is 25.4. The van der Waals surface area contributed by atoms with Crippen molar-refractivity contribution in [3.63, 3.8) is 0 Å². The molecule has 3 nitrogen and oxygen atoms in total. The Morgan fingerprint density at radius 3 is 1.24 bits per heavy atom. The van der Waals surface area contributed by atoms with Crippen LogP contribution in [-0.4, -0.2) is 11.3 Å². The number of hydrogen-bond acceptors (Lipinski definition) is 2. The molecule has 0 aliphatic carbocycles. The van der Waals surface area contributed by atoms with E-state index in [-0.39, 0.29) is 17.5 Å². The average molecular weight is 926 g/mol. The third-order valence-electron chi connectivity index (χ3n) is 15.3. The maximum absolute atomic E-state index is 2.57. The molecule has 11 aromatic rings. The van der Waals surface area contributed by atoms with Gasteiger partial charge in [-0.25, -0.2) is 0 Å². The molecule has 2 aliphatic heterocycles. The first-order chi connectivity index (χ1) is 35.0. The zero-order chi connectivity index (χ0) is 48.9. The molecular formula is C68H56BN3. The van der Waals surface area contributed by atoms with Crippen molar-refractivity contribution in [1.29, 1.82) is 0 Å². The lowest BCUT2D eigenvalue weighted by Crippen LogP contribution is -2.61.